The first-order chi connectivity index (χ1) is 7.49. The summed E-state index contributed by atoms with van der Waals surface area (Å²) in [6.45, 7) is 1.66. The minimum atomic E-state index is -0.814. The van der Waals surface area contributed by atoms with Crippen LogP contribution < -0.4 is 16.8 Å². The number of aliphatic imine (C=N–C) groups is 1. The zero-order chi connectivity index (χ0) is 12.1. The first-order valence-electron chi connectivity index (χ1n) is 5.56. The van der Waals surface area contributed by atoms with Crippen LogP contribution in [0.2, 0.25) is 0 Å². The van der Waals surface area contributed by atoms with E-state index in [2.05, 4.69) is 10.3 Å². The number of carboxylic acid groups (broad SMARTS) is 1. The summed E-state index contributed by atoms with van der Waals surface area (Å²) < 4.78 is 0. The Morgan fingerprint density at radius 1 is 1.38 bits per heavy atom. The third kappa shape index (κ3) is 4.06. The highest BCUT2D eigenvalue weighted by atomic mass is 16.4. The van der Waals surface area contributed by atoms with Crippen LogP contribution in [0.15, 0.2) is 4.99 Å². The van der Waals surface area contributed by atoms with E-state index in [1.807, 2.05) is 0 Å². The lowest BCUT2D eigenvalue weighted by molar-refractivity contribution is -0.139. The highest BCUT2D eigenvalue weighted by Crippen LogP contribution is 2.21. The Kier molecular flexibility index (Phi) is 4.54. The van der Waals surface area contributed by atoms with Gasteiger partial charge in [-0.2, -0.15) is 0 Å². The topological polar surface area (TPSA) is 114 Å². The average molecular weight is 228 g/mol. The number of carboxylic acids is 1. The fourth-order valence-corrected chi connectivity index (χ4v) is 2.01. The van der Waals surface area contributed by atoms with Crippen molar-refractivity contribution in [2.24, 2.45) is 16.5 Å². The van der Waals surface area contributed by atoms with Crippen molar-refractivity contribution in [3.8, 4) is 0 Å². The molecule has 1 rings (SSSR count). The van der Waals surface area contributed by atoms with Gasteiger partial charge in [0.25, 0.3) is 0 Å². The summed E-state index contributed by atoms with van der Waals surface area (Å²) in [5.41, 5.74) is 10.6. The number of nitrogens with one attached hydrogen (secondary N) is 1. The Morgan fingerprint density at radius 2 is 1.94 bits per heavy atom. The molecule has 0 saturated heterocycles. The molecule has 0 bridgehead atoms. The minimum absolute atomic E-state index is 0.135. The fraction of sp³-hybridized carbons (Fsp3) is 0.800. The van der Waals surface area contributed by atoms with E-state index < -0.39 is 12.0 Å². The molecule has 6 heteroatoms. The largest absolute Gasteiger partial charge is 0.480 e. The third-order valence-electron chi connectivity index (χ3n) is 2.88. The number of nitrogens with zero attached hydrogens (tertiary/aromatic N) is 1. The summed E-state index contributed by atoms with van der Waals surface area (Å²) in [6.07, 6.45) is 3.64. The second-order valence-electron chi connectivity index (χ2n) is 4.29. The van der Waals surface area contributed by atoms with E-state index in [1.165, 1.54) is 0 Å². The van der Waals surface area contributed by atoms with Crippen LogP contribution in [-0.4, -0.2) is 35.2 Å². The quantitative estimate of drug-likeness (QED) is 0.387. The van der Waals surface area contributed by atoms with Crippen LogP contribution in [-0.2, 0) is 4.79 Å². The molecule has 0 aliphatic heterocycles. The van der Waals surface area contributed by atoms with Gasteiger partial charge in [0.2, 0.25) is 0 Å². The Balaban J connectivity index is 2.32. The molecule has 1 aliphatic carbocycles. The van der Waals surface area contributed by atoms with E-state index in [0.29, 0.717) is 0 Å². The van der Waals surface area contributed by atoms with Gasteiger partial charge in [0.15, 0.2) is 5.96 Å². The van der Waals surface area contributed by atoms with Crippen molar-refractivity contribution in [1.82, 2.24) is 5.32 Å². The predicted molar refractivity (Wildman–Crippen MR) is 62.1 cm³/mol. The zero-order valence-electron chi connectivity index (χ0n) is 9.52. The van der Waals surface area contributed by atoms with Crippen LogP contribution in [0, 0.1) is 0 Å². The molecule has 0 unspecified atom stereocenters. The maximum Gasteiger partial charge on any atom is 0.320 e. The lowest BCUT2D eigenvalue weighted by Crippen LogP contribution is -2.43. The molecule has 16 heavy (non-hydrogen) atoms. The predicted octanol–water partition coefficient (Wildman–Crippen LogP) is -0.366. The molecule has 0 aromatic heterocycles. The highest BCUT2D eigenvalue weighted by molar-refractivity contribution is 5.75. The second kappa shape index (κ2) is 5.69. The number of nitrogens with two attached hydrogens (primary N) is 2. The Bertz CT molecular complexity index is 268. The summed E-state index contributed by atoms with van der Waals surface area (Å²) in [5, 5.41) is 11.8. The molecule has 6 nitrogen and oxygen atoms in total. The lowest BCUT2D eigenvalue weighted by atomic mass is 9.91. The number of hydrogen-bond donors (Lipinski definition) is 4. The highest BCUT2D eigenvalue weighted by Gasteiger charge is 2.23. The molecule has 92 valence electrons. The smallest absolute Gasteiger partial charge is 0.320 e. The van der Waals surface area contributed by atoms with E-state index in [0.717, 1.165) is 25.7 Å². The first-order valence-corrected chi connectivity index (χ1v) is 5.56. The van der Waals surface area contributed by atoms with Crippen LogP contribution in [0.3, 0.4) is 0 Å². The summed E-state index contributed by atoms with van der Waals surface area (Å²) in [7, 11) is 0. The molecule has 0 spiro atoms. The van der Waals surface area contributed by atoms with Crippen LogP contribution in [0.25, 0.3) is 0 Å². The molecule has 1 atom stereocenters. The van der Waals surface area contributed by atoms with E-state index in [1.54, 1.807) is 6.92 Å². The first kappa shape index (κ1) is 12.8. The van der Waals surface area contributed by atoms with Gasteiger partial charge < -0.3 is 21.9 Å². The third-order valence-corrected chi connectivity index (χ3v) is 2.88. The van der Waals surface area contributed by atoms with Crippen molar-refractivity contribution in [2.75, 3.05) is 0 Å². The number of guanidine groups is 1. The SMILES string of the molecule is C[C@H](NC1CCC(N=C(N)N)CC1)C(=O)O. The van der Waals surface area contributed by atoms with Gasteiger partial charge in [0.1, 0.15) is 6.04 Å². The van der Waals surface area contributed by atoms with E-state index >= 15 is 0 Å². The monoisotopic (exact) mass is 228 g/mol. The maximum absolute atomic E-state index is 10.7. The molecule has 1 aliphatic rings. The summed E-state index contributed by atoms with van der Waals surface area (Å²) in [4.78, 5) is 14.8. The molecule has 0 aromatic rings. The number of rotatable bonds is 4. The summed E-state index contributed by atoms with van der Waals surface area (Å²) in [5.74, 6) is -0.679. The van der Waals surface area contributed by atoms with Crippen molar-refractivity contribution in [3.63, 3.8) is 0 Å². The van der Waals surface area contributed by atoms with Gasteiger partial charge in [0, 0.05) is 6.04 Å². The Labute approximate surface area is 95.1 Å². The molecule has 1 saturated carbocycles. The Morgan fingerprint density at radius 3 is 2.38 bits per heavy atom. The van der Waals surface area contributed by atoms with E-state index in [4.69, 9.17) is 16.6 Å². The van der Waals surface area contributed by atoms with Gasteiger partial charge in [0.05, 0.1) is 6.04 Å². The zero-order valence-corrected chi connectivity index (χ0v) is 9.52. The van der Waals surface area contributed by atoms with Gasteiger partial charge in [-0.15, -0.1) is 0 Å². The minimum Gasteiger partial charge on any atom is -0.480 e. The summed E-state index contributed by atoms with van der Waals surface area (Å²) in [6, 6.07) is -0.0376. The van der Waals surface area contributed by atoms with Crippen LogP contribution in [0.1, 0.15) is 32.6 Å². The van der Waals surface area contributed by atoms with Crippen molar-refractivity contribution < 1.29 is 9.90 Å². The number of hydrogen-bond acceptors (Lipinski definition) is 3. The van der Waals surface area contributed by atoms with Gasteiger partial charge in [-0.25, -0.2) is 0 Å². The van der Waals surface area contributed by atoms with Crippen molar-refractivity contribution in [3.05, 3.63) is 0 Å². The average Bonchev–Trinajstić information content (AvgIpc) is 2.20. The maximum atomic E-state index is 10.7. The van der Waals surface area contributed by atoms with Crippen LogP contribution >= 0.6 is 0 Å². The van der Waals surface area contributed by atoms with Crippen LogP contribution in [0.4, 0.5) is 0 Å². The standard InChI is InChI=1S/C10H20N4O2/c1-6(9(15)16)13-7-2-4-8(5-3-7)14-10(11)12/h6-8,13H,2-5H2,1H3,(H,15,16)(H4,11,12,14)/t6-,7?,8?/m0/s1. The van der Waals surface area contributed by atoms with Crippen molar-refractivity contribution in [1.29, 1.82) is 0 Å². The van der Waals surface area contributed by atoms with Gasteiger partial charge >= 0.3 is 5.97 Å². The number of aliphatic carboxylic acids is 1. The van der Waals surface area contributed by atoms with E-state index in [9.17, 15) is 4.79 Å². The molecule has 6 N–H and O–H groups in total. The lowest BCUT2D eigenvalue weighted by Gasteiger charge is -2.28. The molecular weight excluding hydrogens is 208 g/mol. The van der Waals surface area contributed by atoms with Crippen molar-refractivity contribution >= 4 is 11.9 Å². The van der Waals surface area contributed by atoms with E-state index in [-0.39, 0.29) is 18.0 Å². The number of carbonyl (C=O) groups is 1. The van der Waals surface area contributed by atoms with Crippen LogP contribution in [0.5, 0.6) is 0 Å². The molecular formula is C10H20N4O2. The molecule has 1 fully saturated rings. The molecule has 0 amide bonds. The van der Waals surface area contributed by atoms with Gasteiger partial charge in [-0.1, -0.05) is 0 Å². The molecule has 0 radical (unpaired) electrons. The second-order valence-corrected chi connectivity index (χ2v) is 4.29. The fourth-order valence-electron chi connectivity index (χ4n) is 2.01. The van der Waals surface area contributed by atoms with Gasteiger partial charge in [-0.05, 0) is 32.6 Å². The molecule has 0 aromatic carbocycles. The molecule has 0 heterocycles. The normalized spacial score (nSPS) is 27.1. The van der Waals surface area contributed by atoms with Crippen molar-refractivity contribution in [2.45, 2.75) is 50.7 Å². The Hall–Kier alpha value is -1.30. The summed E-state index contributed by atoms with van der Waals surface area (Å²) >= 11 is 0. The van der Waals surface area contributed by atoms with Gasteiger partial charge in [-0.3, -0.25) is 9.79 Å².